The van der Waals surface area contributed by atoms with E-state index in [9.17, 15) is 14.7 Å². The standard InChI is InChI=1S/C10H17NO4/c1-7(2)3-8(4-12)11-9(13)5-15-6-10(11)14/h7-8,12H,3-6H2,1-2H3. The maximum absolute atomic E-state index is 11.5. The van der Waals surface area contributed by atoms with Gasteiger partial charge in [-0.15, -0.1) is 0 Å². The number of morpholine rings is 1. The van der Waals surface area contributed by atoms with Gasteiger partial charge in [0.15, 0.2) is 0 Å². The number of hydrogen-bond donors (Lipinski definition) is 1. The highest BCUT2D eigenvalue weighted by molar-refractivity contribution is 5.98. The van der Waals surface area contributed by atoms with E-state index in [4.69, 9.17) is 4.74 Å². The Morgan fingerprint density at radius 2 is 1.87 bits per heavy atom. The number of imide groups is 1. The quantitative estimate of drug-likeness (QED) is 0.658. The van der Waals surface area contributed by atoms with Crippen molar-refractivity contribution in [3.8, 4) is 0 Å². The summed E-state index contributed by atoms with van der Waals surface area (Å²) < 4.78 is 4.80. The molecule has 1 atom stereocenters. The van der Waals surface area contributed by atoms with Crippen LogP contribution in [0.3, 0.4) is 0 Å². The fourth-order valence-corrected chi connectivity index (χ4v) is 1.72. The molecule has 1 fully saturated rings. The van der Waals surface area contributed by atoms with Crippen LogP contribution in [-0.2, 0) is 14.3 Å². The summed E-state index contributed by atoms with van der Waals surface area (Å²) >= 11 is 0. The molecule has 1 N–H and O–H groups in total. The van der Waals surface area contributed by atoms with Crippen LogP contribution in [0, 0.1) is 5.92 Å². The Balaban J connectivity index is 2.71. The third kappa shape index (κ3) is 3.00. The second-order valence-corrected chi connectivity index (χ2v) is 4.12. The highest BCUT2D eigenvalue weighted by Gasteiger charge is 2.32. The average Bonchev–Trinajstić information content (AvgIpc) is 2.15. The molecule has 0 saturated carbocycles. The first-order chi connectivity index (χ1) is 7.06. The summed E-state index contributed by atoms with van der Waals surface area (Å²) in [5.74, 6) is -0.387. The molecule has 1 heterocycles. The van der Waals surface area contributed by atoms with Crippen molar-refractivity contribution in [2.45, 2.75) is 26.3 Å². The molecule has 1 rings (SSSR count). The van der Waals surface area contributed by atoms with Crippen molar-refractivity contribution >= 4 is 11.8 Å². The van der Waals surface area contributed by atoms with Crippen LogP contribution in [-0.4, -0.2) is 47.7 Å². The highest BCUT2D eigenvalue weighted by atomic mass is 16.5. The Labute approximate surface area is 89.0 Å². The molecular formula is C10H17NO4. The lowest BCUT2D eigenvalue weighted by molar-refractivity contribution is -0.163. The Bertz CT molecular complexity index is 236. The van der Waals surface area contributed by atoms with E-state index in [2.05, 4.69) is 0 Å². The number of ether oxygens (including phenoxy) is 1. The summed E-state index contributed by atoms with van der Waals surface area (Å²) in [5, 5.41) is 9.18. The van der Waals surface area contributed by atoms with Gasteiger partial charge >= 0.3 is 0 Å². The first-order valence-corrected chi connectivity index (χ1v) is 5.09. The number of rotatable bonds is 4. The summed E-state index contributed by atoms with van der Waals surface area (Å²) in [4.78, 5) is 24.1. The van der Waals surface area contributed by atoms with Crippen molar-refractivity contribution in [3.05, 3.63) is 0 Å². The van der Waals surface area contributed by atoms with Crippen LogP contribution < -0.4 is 0 Å². The Morgan fingerprint density at radius 1 is 1.33 bits per heavy atom. The number of carbonyl (C=O) groups excluding carboxylic acids is 2. The smallest absolute Gasteiger partial charge is 0.255 e. The van der Waals surface area contributed by atoms with Gasteiger partial charge < -0.3 is 9.84 Å². The fourth-order valence-electron chi connectivity index (χ4n) is 1.72. The zero-order chi connectivity index (χ0) is 11.4. The number of nitrogens with zero attached hydrogens (tertiary/aromatic N) is 1. The van der Waals surface area contributed by atoms with E-state index in [1.54, 1.807) is 0 Å². The lowest BCUT2D eigenvalue weighted by Crippen LogP contribution is -2.53. The third-order valence-electron chi connectivity index (χ3n) is 2.31. The Hall–Kier alpha value is -0.940. The van der Waals surface area contributed by atoms with Crippen molar-refractivity contribution in [3.63, 3.8) is 0 Å². The van der Waals surface area contributed by atoms with Crippen molar-refractivity contribution in [1.29, 1.82) is 0 Å². The molecule has 0 aromatic carbocycles. The molecule has 0 aromatic heterocycles. The van der Waals surface area contributed by atoms with Gasteiger partial charge in [-0.1, -0.05) is 13.8 Å². The average molecular weight is 215 g/mol. The van der Waals surface area contributed by atoms with Gasteiger partial charge in [0.2, 0.25) is 0 Å². The van der Waals surface area contributed by atoms with Crippen LogP contribution in [0.4, 0.5) is 0 Å². The molecule has 5 nitrogen and oxygen atoms in total. The van der Waals surface area contributed by atoms with Crippen molar-refractivity contribution in [1.82, 2.24) is 4.90 Å². The Kier molecular flexibility index (Phi) is 4.23. The number of amides is 2. The van der Waals surface area contributed by atoms with E-state index >= 15 is 0 Å². The Morgan fingerprint density at radius 3 is 2.27 bits per heavy atom. The first kappa shape index (κ1) is 12.1. The maximum Gasteiger partial charge on any atom is 0.255 e. The van der Waals surface area contributed by atoms with Crippen LogP contribution in [0.1, 0.15) is 20.3 Å². The lowest BCUT2D eigenvalue weighted by atomic mass is 10.0. The topological polar surface area (TPSA) is 66.8 Å². The number of aliphatic hydroxyl groups is 1. The van der Waals surface area contributed by atoms with Crippen molar-refractivity contribution in [2.24, 2.45) is 5.92 Å². The van der Waals surface area contributed by atoms with Crippen molar-refractivity contribution in [2.75, 3.05) is 19.8 Å². The molecule has 15 heavy (non-hydrogen) atoms. The fraction of sp³-hybridized carbons (Fsp3) is 0.800. The minimum atomic E-state index is -0.408. The largest absolute Gasteiger partial charge is 0.394 e. The van der Waals surface area contributed by atoms with E-state index in [0.717, 1.165) is 4.90 Å². The minimum absolute atomic E-state index is 0.0691. The van der Waals surface area contributed by atoms with Crippen LogP contribution in [0.5, 0.6) is 0 Å². The molecule has 5 heteroatoms. The van der Waals surface area contributed by atoms with Gasteiger partial charge in [0.1, 0.15) is 13.2 Å². The zero-order valence-corrected chi connectivity index (χ0v) is 9.10. The summed E-state index contributed by atoms with van der Waals surface area (Å²) in [6.07, 6.45) is 0.619. The van der Waals surface area contributed by atoms with E-state index < -0.39 is 6.04 Å². The molecule has 86 valence electrons. The molecule has 1 aliphatic heterocycles. The van der Waals surface area contributed by atoms with Gasteiger partial charge in [-0.3, -0.25) is 14.5 Å². The highest BCUT2D eigenvalue weighted by Crippen LogP contribution is 2.14. The van der Waals surface area contributed by atoms with E-state index in [-0.39, 0.29) is 31.6 Å². The second-order valence-electron chi connectivity index (χ2n) is 4.12. The van der Waals surface area contributed by atoms with Gasteiger partial charge in [0.05, 0.1) is 12.6 Å². The van der Waals surface area contributed by atoms with Crippen LogP contribution in [0.2, 0.25) is 0 Å². The summed E-state index contributed by atoms with van der Waals surface area (Å²) in [7, 11) is 0. The molecule has 0 radical (unpaired) electrons. The zero-order valence-electron chi connectivity index (χ0n) is 9.10. The van der Waals surface area contributed by atoms with E-state index in [1.165, 1.54) is 0 Å². The van der Waals surface area contributed by atoms with Crippen molar-refractivity contribution < 1.29 is 19.4 Å². The van der Waals surface area contributed by atoms with Crippen LogP contribution in [0.15, 0.2) is 0 Å². The van der Waals surface area contributed by atoms with Gasteiger partial charge in [-0.2, -0.15) is 0 Å². The predicted octanol–water partition coefficient (Wildman–Crippen LogP) is -0.221. The molecule has 1 unspecified atom stereocenters. The van der Waals surface area contributed by atoms with E-state index in [0.29, 0.717) is 12.3 Å². The normalized spacial score (nSPS) is 19.9. The molecule has 1 saturated heterocycles. The second kappa shape index (κ2) is 5.23. The lowest BCUT2D eigenvalue weighted by Gasteiger charge is -2.32. The van der Waals surface area contributed by atoms with Gasteiger partial charge in [-0.05, 0) is 12.3 Å². The number of carbonyl (C=O) groups is 2. The van der Waals surface area contributed by atoms with Gasteiger partial charge in [-0.25, -0.2) is 0 Å². The predicted molar refractivity (Wildman–Crippen MR) is 53.0 cm³/mol. The van der Waals surface area contributed by atoms with Crippen LogP contribution in [0.25, 0.3) is 0 Å². The molecular weight excluding hydrogens is 198 g/mol. The number of aliphatic hydroxyl groups excluding tert-OH is 1. The summed E-state index contributed by atoms with van der Waals surface area (Å²) in [6.45, 7) is 3.65. The molecule has 0 aliphatic carbocycles. The molecule has 1 aliphatic rings. The molecule has 0 aromatic rings. The summed E-state index contributed by atoms with van der Waals surface area (Å²) in [6, 6.07) is -0.408. The molecule has 0 bridgehead atoms. The third-order valence-corrected chi connectivity index (χ3v) is 2.31. The van der Waals surface area contributed by atoms with E-state index in [1.807, 2.05) is 13.8 Å². The SMILES string of the molecule is CC(C)CC(CO)N1C(=O)COCC1=O. The number of hydrogen-bond acceptors (Lipinski definition) is 4. The van der Waals surface area contributed by atoms with Gasteiger partial charge in [0.25, 0.3) is 11.8 Å². The monoisotopic (exact) mass is 215 g/mol. The van der Waals surface area contributed by atoms with Crippen LogP contribution >= 0.6 is 0 Å². The molecule has 2 amide bonds. The maximum atomic E-state index is 11.5. The van der Waals surface area contributed by atoms with Gasteiger partial charge in [0, 0.05) is 0 Å². The minimum Gasteiger partial charge on any atom is -0.394 e. The summed E-state index contributed by atoms with van der Waals surface area (Å²) in [5.41, 5.74) is 0. The first-order valence-electron chi connectivity index (χ1n) is 5.09. The molecule has 0 spiro atoms.